The Bertz CT molecular complexity index is 1670. The predicted octanol–water partition coefficient (Wildman–Crippen LogP) is 4.39. The summed E-state index contributed by atoms with van der Waals surface area (Å²) < 4.78 is 22.8. The van der Waals surface area contributed by atoms with Gasteiger partial charge in [0, 0.05) is 31.1 Å². The summed E-state index contributed by atoms with van der Waals surface area (Å²) in [5, 5.41) is 21.2. The minimum atomic E-state index is -0.607. The highest BCUT2D eigenvalue weighted by Gasteiger charge is 2.46. The van der Waals surface area contributed by atoms with Gasteiger partial charge in [0.2, 0.25) is 5.91 Å². The first kappa shape index (κ1) is 27.6. The molecule has 2 aliphatic heterocycles. The van der Waals surface area contributed by atoms with E-state index in [9.17, 15) is 15.2 Å². The lowest BCUT2D eigenvalue weighted by Crippen LogP contribution is -2.55. The second-order valence-corrected chi connectivity index (χ2v) is 12.3. The number of fused-ring (bicyclic) bond motifs is 4. The topological polar surface area (TPSA) is 106 Å². The Kier molecular flexibility index (Phi) is 6.93. The van der Waals surface area contributed by atoms with Gasteiger partial charge in [-0.05, 0) is 79.9 Å². The maximum Gasteiger partial charge on any atom is 0.319 e. The van der Waals surface area contributed by atoms with Gasteiger partial charge >= 0.3 is 6.01 Å². The fraction of sp³-hybridized carbons (Fsp3) is 0.455. The summed E-state index contributed by atoms with van der Waals surface area (Å²) >= 11 is 0. The highest BCUT2D eigenvalue weighted by atomic mass is 19.1. The van der Waals surface area contributed by atoms with Crippen molar-refractivity contribution in [2.45, 2.75) is 50.1 Å². The van der Waals surface area contributed by atoms with E-state index in [4.69, 9.17) is 9.72 Å². The zero-order chi connectivity index (χ0) is 29.8. The molecule has 10 heteroatoms. The van der Waals surface area contributed by atoms with E-state index in [2.05, 4.69) is 35.6 Å². The van der Waals surface area contributed by atoms with E-state index in [1.54, 1.807) is 11.0 Å². The van der Waals surface area contributed by atoms with Crippen LogP contribution in [0.3, 0.4) is 0 Å². The molecule has 43 heavy (non-hydrogen) atoms. The molecular formula is C33H35FN6O3. The monoisotopic (exact) mass is 582 g/mol. The lowest BCUT2D eigenvalue weighted by atomic mass is 9.92. The van der Waals surface area contributed by atoms with Crippen molar-refractivity contribution in [2.75, 3.05) is 44.7 Å². The van der Waals surface area contributed by atoms with Gasteiger partial charge in [0.25, 0.3) is 0 Å². The van der Waals surface area contributed by atoms with E-state index in [1.165, 1.54) is 18.1 Å². The first-order valence-electron chi connectivity index (χ1n) is 15.1. The standard InChI is InChI=1S/C33H35FN6O3/c1-3-28(42)40-13-12-39(17-20(40)9-10-35)32-26-16-27(41)29(23-8-4-7-22-24-14-19(24)15-25(22)23)30(34)31(26)36-33(37-32)43-18-21-6-5-11-38(21)2/h3-4,7-8,16,19-21,24,41H,1,5-6,9,11-15,17-18H2,2H3/t19?,20-,21-,24?/m0/s1. The molecule has 1 aromatic heterocycles. The number of nitriles is 1. The molecule has 3 heterocycles. The number of likely N-dealkylation sites (tertiary alicyclic amines) is 1. The van der Waals surface area contributed by atoms with Gasteiger partial charge in [-0.3, -0.25) is 4.79 Å². The maximum absolute atomic E-state index is 16.7. The normalized spacial score (nSPS) is 24.5. The van der Waals surface area contributed by atoms with Crippen molar-refractivity contribution < 1.29 is 19.0 Å². The molecule has 3 fully saturated rings. The molecule has 2 aromatic carbocycles. The Morgan fingerprint density at radius 2 is 2.14 bits per heavy atom. The molecule has 2 unspecified atom stereocenters. The minimum absolute atomic E-state index is 0.0688. The van der Waals surface area contributed by atoms with Crippen molar-refractivity contribution in [2.24, 2.45) is 5.92 Å². The average Bonchev–Trinajstić information content (AvgIpc) is 3.50. The molecule has 4 aliphatic rings. The van der Waals surface area contributed by atoms with Crippen LogP contribution < -0.4 is 9.64 Å². The Labute approximate surface area is 250 Å². The van der Waals surface area contributed by atoms with Crippen molar-refractivity contribution in [1.82, 2.24) is 19.8 Å². The Morgan fingerprint density at radius 1 is 1.28 bits per heavy atom. The van der Waals surface area contributed by atoms with Crippen molar-refractivity contribution in [1.29, 1.82) is 5.26 Å². The van der Waals surface area contributed by atoms with Crippen LogP contribution in [0, 0.1) is 23.1 Å². The first-order chi connectivity index (χ1) is 20.9. The van der Waals surface area contributed by atoms with Crippen LogP contribution in [0.5, 0.6) is 11.8 Å². The third-order valence-corrected chi connectivity index (χ3v) is 9.78. The molecule has 1 saturated carbocycles. The van der Waals surface area contributed by atoms with Crippen LogP contribution in [-0.2, 0) is 11.2 Å². The van der Waals surface area contributed by atoms with Crippen LogP contribution in [0.4, 0.5) is 10.2 Å². The van der Waals surface area contributed by atoms with Gasteiger partial charge in [0.15, 0.2) is 5.82 Å². The Hall–Kier alpha value is -4.23. The molecule has 2 saturated heterocycles. The summed E-state index contributed by atoms with van der Waals surface area (Å²) in [4.78, 5) is 27.6. The van der Waals surface area contributed by atoms with Crippen LogP contribution in [0.2, 0.25) is 0 Å². The number of hydrogen-bond acceptors (Lipinski definition) is 8. The van der Waals surface area contributed by atoms with Gasteiger partial charge in [-0.2, -0.15) is 15.2 Å². The summed E-state index contributed by atoms with van der Waals surface area (Å²) in [7, 11) is 2.06. The molecule has 0 bridgehead atoms. The molecule has 1 N–H and O–H groups in total. The summed E-state index contributed by atoms with van der Waals surface area (Å²) in [6.07, 6.45) is 5.53. The Balaban J connectivity index is 1.32. The number of ether oxygens (including phenoxy) is 1. The van der Waals surface area contributed by atoms with Gasteiger partial charge in [-0.15, -0.1) is 0 Å². The number of carbonyl (C=O) groups is 1. The van der Waals surface area contributed by atoms with Crippen LogP contribution >= 0.6 is 0 Å². The summed E-state index contributed by atoms with van der Waals surface area (Å²) in [5.41, 5.74) is 3.30. The number of amides is 1. The number of hydrogen-bond donors (Lipinski definition) is 1. The fourth-order valence-electron chi connectivity index (χ4n) is 7.37. The van der Waals surface area contributed by atoms with Crippen molar-refractivity contribution in [3.63, 3.8) is 0 Å². The minimum Gasteiger partial charge on any atom is -0.507 e. The quantitative estimate of drug-likeness (QED) is 0.409. The molecule has 7 rings (SSSR count). The first-order valence-corrected chi connectivity index (χ1v) is 15.1. The highest BCUT2D eigenvalue weighted by Crippen LogP contribution is 2.58. The fourth-order valence-corrected chi connectivity index (χ4v) is 7.37. The van der Waals surface area contributed by atoms with Gasteiger partial charge < -0.3 is 24.5 Å². The number of nitrogens with zero attached hydrogens (tertiary/aromatic N) is 6. The van der Waals surface area contributed by atoms with Crippen LogP contribution in [-0.4, -0.2) is 82.7 Å². The maximum atomic E-state index is 16.7. The number of phenolic OH excluding ortho intramolecular Hbond substituents is 1. The molecule has 2 aliphatic carbocycles. The van der Waals surface area contributed by atoms with E-state index in [-0.39, 0.29) is 41.2 Å². The second-order valence-electron chi connectivity index (χ2n) is 12.3. The number of carbonyl (C=O) groups excluding carboxylic acids is 1. The summed E-state index contributed by atoms with van der Waals surface area (Å²) in [6, 6.07) is 9.55. The largest absolute Gasteiger partial charge is 0.507 e. The predicted molar refractivity (Wildman–Crippen MR) is 160 cm³/mol. The Morgan fingerprint density at radius 3 is 2.91 bits per heavy atom. The molecule has 0 radical (unpaired) electrons. The lowest BCUT2D eigenvalue weighted by Gasteiger charge is -2.41. The SMILES string of the molecule is C=CC(=O)N1CCN(c2nc(OC[C@@H]3CCCN3C)nc3c(F)c(-c4cccc5c4CC4CC54)c(O)cc23)C[C@@H]1CC#N. The number of anilines is 1. The number of likely N-dealkylation sites (N-methyl/N-ethyl adjacent to an activating group) is 1. The molecule has 222 valence electrons. The number of rotatable bonds is 7. The van der Waals surface area contributed by atoms with Crippen molar-refractivity contribution in [3.05, 3.63) is 53.9 Å². The van der Waals surface area contributed by atoms with E-state index in [0.717, 1.165) is 31.4 Å². The van der Waals surface area contributed by atoms with E-state index in [1.807, 2.05) is 17.0 Å². The summed E-state index contributed by atoms with van der Waals surface area (Å²) in [6.45, 7) is 6.02. The van der Waals surface area contributed by atoms with Crippen LogP contribution in [0.1, 0.15) is 42.7 Å². The number of halogens is 1. The number of piperazine rings is 1. The third kappa shape index (κ3) is 4.76. The second kappa shape index (κ2) is 10.8. The zero-order valence-corrected chi connectivity index (χ0v) is 24.3. The number of phenols is 1. The average molecular weight is 583 g/mol. The van der Waals surface area contributed by atoms with Gasteiger partial charge in [0.1, 0.15) is 23.7 Å². The lowest BCUT2D eigenvalue weighted by molar-refractivity contribution is -0.128. The van der Waals surface area contributed by atoms with Gasteiger partial charge in [-0.1, -0.05) is 24.8 Å². The number of aromatic hydroxyl groups is 1. The van der Waals surface area contributed by atoms with Crippen LogP contribution in [0.25, 0.3) is 22.0 Å². The molecule has 3 aromatic rings. The van der Waals surface area contributed by atoms with Crippen molar-refractivity contribution >= 4 is 22.6 Å². The molecular weight excluding hydrogens is 547 g/mol. The van der Waals surface area contributed by atoms with Gasteiger partial charge in [0.05, 0.1) is 24.1 Å². The van der Waals surface area contributed by atoms with E-state index in [0.29, 0.717) is 54.8 Å². The molecule has 4 atom stereocenters. The number of aromatic nitrogens is 2. The van der Waals surface area contributed by atoms with Crippen LogP contribution in [0.15, 0.2) is 36.9 Å². The van der Waals surface area contributed by atoms with Crippen molar-refractivity contribution in [3.8, 4) is 29.0 Å². The summed E-state index contributed by atoms with van der Waals surface area (Å²) in [5.74, 6) is 0.546. The molecule has 0 spiro atoms. The zero-order valence-electron chi connectivity index (χ0n) is 24.3. The third-order valence-electron chi connectivity index (χ3n) is 9.78. The molecule has 9 nitrogen and oxygen atoms in total. The van der Waals surface area contributed by atoms with E-state index >= 15 is 4.39 Å². The number of benzene rings is 2. The molecule has 1 amide bonds. The smallest absolute Gasteiger partial charge is 0.319 e. The van der Waals surface area contributed by atoms with Gasteiger partial charge in [-0.25, -0.2) is 4.39 Å². The van der Waals surface area contributed by atoms with E-state index < -0.39 is 11.9 Å². The highest BCUT2D eigenvalue weighted by molar-refractivity contribution is 5.97.